The predicted molar refractivity (Wildman–Crippen MR) is 123 cm³/mol. The highest BCUT2D eigenvalue weighted by atomic mass is 16.7. The van der Waals surface area contributed by atoms with Gasteiger partial charge in [-0.25, -0.2) is 9.78 Å². The van der Waals surface area contributed by atoms with E-state index in [9.17, 15) is 9.59 Å². The summed E-state index contributed by atoms with van der Waals surface area (Å²) in [6.45, 7) is 7.25. The molecule has 12 heteroatoms. The van der Waals surface area contributed by atoms with Crippen molar-refractivity contribution in [2.45, 2.75) is 39.2 Å². The summed E-state index contributed by atoms with van der Waals surface area (Å²) in [5.74, 6) is 0.0572. The lowest BCUT2D eigenvalue weighted by Gasteiger charge is -2.33. The van der Waals surface area contributed by atoms with Gasteiger partial charge in [-0.15, -0.1) is 5.10 Å². The molecule has 1 fully saturated rings. The third-order valence-electron chi connectivity index (χ3n) is 5.35. The number of rotatable bonds is 6. The highest BCUT2D eigenvalue weighted by molar-refractivity contribution is 5.97. The molecule has 0 spiro atoms. The van der Waals surface area contributed by atoms with Crippen LogP contribution in [0.4, 0.5) is 10.6 Å². The molecule has 1 saturated heterocycles. The van der Waals surface area contributed by atoms with Crippen molar-refractivity contribution in [3.05, 3.63) is 36.0 Å². The summed E-state index contributed by atoms with van der Waals surface area (Å²) >= 11 is 0. The first kappa shape index (κ1) is 23.2. The number of carbonyl (C=O) groups excluding carboxylic acids is 2. The van der Waals surface area contributed by atoms with Gasteiger partial charge in [0, 0.05) is 25.8 Å². The summed E-state index contributed by atoms with van der Waals surface area (Å²) in [4.78, 5) is 41.4. The van der Waals surface area contributed by atoms with E-state index in [1.54, 1.807) is 0 Å². The Hall–Kier alpha value is -3.96. The fraction of sp³-hybridized carbons (Fsp3) is 0.455. The highest BCUT2D eigenvalue weighted by Crippen LogP contribution is 2.26. The number of fused-ring (bicyclic) bond motifs is 1. The molecule has 3 aromatic rings. The number of benzene rings is 1. The number of nitrogens with two attached hydrogens (primary N) is 1. The van der Waals surface area contributed by atoms with Crippen molar-refractivity contribution < 1.29 is 19.2 Å². The number of primary amides is 1. The summed E-state index contributed by atoms with van der Waals surface area (Å²) in [6, 6.07) is 7.33. The molecule has 0 atom stereocenters. The number of alkyl carbamates (subject to hydrolysis) is 1. The number of ether oxygens (including phenoxy) is 1. The molecule has 2 aromatic heterocycles. The fourth-order valence-electron chi connectivity index (χ4n) is 3.70. The Bertz CT molecular complexity index is 1180. The van der Waals surface area contributed by atoms with Gasteiger partial charge in [-0.3, -0.25) is 4.79 Å². The summed E-state index contributed by atoms with van der Waals surface area (Å²) < 4.78 is 5.29. The van der Waals surface area contributed by atoms with Gasteiger partial charge in [0.1, 0.15) is 28.0 Å². The molecule has 34 heavy (non-hydrogen) atoms. The van der Waals surface area contributed by atoms with Crippen LogP contribution < -0.4 is 20.8 Å². The largest absolute Gasteiger partial charge is 0.444 e. The van der Waals surface area contributed by atoms with Crippen LogP contribution in [0.15, 0.2) is 30.5 Å². The third-order valence-corrected chi connectivity index (χ3v) is 5.35. The molecule has 1 aliphatic heterocycles. The Morgan fingerprint density at radius 2 is 1.94 bits per heavy atom. The SMILES string of the molecule is CC(C)(C)OC(=O)NCC1CCN(c2nc(On3nnc4ccccc43)ncc2C(N)=O)CC1. The minimum absolute atomic E-state index is 0.0179. The van der Waals surface area contributed by atoms with Crippen LogP contribution in [0, 0.1) is 5.92 Å². The normalized spacial score (nSPS) is 14.7. The summed E-state index contributed by atoms with van der Waals surface area (Å²) in [7, 11) is 0. The number of carbonyl (C=O) groups is 2. The molecule has 0 saturated carbocycles. The lowest BCUT2D eigenvalue weighted by Crippen LogP contribution is -2.41. The van der Waals surface area contributed by atoms with Gasteiger partial charge in [0.25, 0.3) is 5.91 Å². The van der Waals surface area contributed by atoms with Crippen LogP contribution in [0.2, 0.25) is 0 Å². The maximum atomic E-state index is 12.0. The summed E-state index contributed by atoms with van der Waals surface area (Å²) in [5, 5.41) is 10.8. The number of amides is 2. The maximum Gasteiger partial charge on any atom is 0.407 e. The van der Waals surface area contributed by atoms with Crippen LogP contribution in [0.25, 0.3) is 11.0 Å². The van der Waals surface area contributed by atoms with Gasteiger partial charge in [0.2, 0.25) is 0 Å². The molecule has 3 N–H and O–H groups in total. The van der Waals surface area contributed by atoms with Crippen molar-refractivity contribution in [3.63, 3.8) is 0 Å². The van der Waals surface area contributed by atoms with Gasteiger partial charge >= 0.3 is 12.1 Å². The van der Waals surface area contributed by atoms with Gasteiger partial charge in [0.05, 0.1) is 0 Å². The molecule has 1 aliphatic rings. The van der Waals surface area contributed by atoms with Gasteiger partial charge in [-0.1, -0.05) is 17.0 Å². The van der Waals surface area contributed by atoms with Gasteiger partial charge < -0.3 is 25.5 Å². The van der Waals surface area contributed by atoms with Crippen molar-refractivity contribution in [2.75, 3.05) is 24.5 Å². The van der Waals surface area contributed by atoms with Crippen molar-refractivity contribution in [1.29, 1.82) is 0 Å². The predicted octanol–water partition coefficient (Wildman–Crippen LogP) is 1.90. The Balaban J connectivity index is 1.43. The van der Waals surface area contributed by atoms with Gasteiger partial charge in [-0.05, 0) is 56.9 Å². The maximum absolute atomic E-state index is 12.0. The molecule has 3 heterocycles. The Kier molecular flexibility index (Phi) is 6.48. The van der Waals surface area contributed by atoms with Crippen molar-refractivity contribution in [3.8, 4) is 6.01 Å². The van der Waals surface area contributed by atoms with E-state index < -0.39 is 17.6 Å². The number of nitrogens with zero attached hydrogens (tertiary/aromatic N) is 6. The van der Waals surface area contributed by atoms with Crippen LogP contribution in [0.1, 0.15) is 44.0 Å². The van der Waals surface area contributed by atoms with E-state index in [-0.39, 0.29) is 17.5 Å². The molecular formula is C22H28N8O4. The first-order chi connectivity index (χ1) is 16.2. The zero-order valence-electron chi connectivity index (χ0n) is 19.4. The van der Waals surface area contributed by atoms with E-state index in [4.69, 9.17) is 15.3 Å². The average molecular weight is 469 g/mol. The molecule has 0 radical (unpaired) electrons. The van der Waals surface area contributed by atoms with E-state index in [2.05, 4.69) is 25.6 Å². The van der Waals surface area contributed by atoms with E-state index in [1.807, 2.05) is 49.9 Å². The second-order valence-corrected chi connectivity index (χ2v) is 9.11. The monoisotopic (exact) mass is 468 g/mol. The van der Waals surface area contributed by atoms with Crippen molar-refractivity contribution in [2.24, 2.45) is 11.7 Å². The number of para-hydroxylation sites is 1. The number of anilines is 1. The number of nitrogens with one attached hydrogen (secondary N) is 1. The van der Waals surface area contributed by atoms with Crippen LogP contribution in [0.5, 0.6) is 6.01 Å². The molecule has 180 valence electrons. The molecular weight excluding hydrogens is 440 g/mol. The van der Waals surface area contributed by atoms with Crippen LogP contribution in [-0.4, -0.2) is 62.4 Å². The van der Waals surface area contributed by atoms with E-state index in [0.717, 1.165) is 12.8 Å². The Morgan fingerprint density at radius 3 is 2.65 bits per heavy atom. The second-order valence-electron chi connectivity index (χ2n) is 9.11. The quantitative estimate of drug-likeness (QED) is 0.553. The summed E-state index contributed by atoms with van der Waals surface area (Å²) in [6.07, 6.45) is 2.52. The molecule has 0 unspecified atom stereocenters. The average Bonchev–Trinajstić information content (AvgIpc) is 3.19. The number of piperidine rings is 1. The minimum atomic E-state index is -0.624. The van der Waals surface area contributed by atoms with Crippen molar-refractivity contribution in [1.82, 2.24) is 30.4 Å². The van der Waals surface area contributed by atoms with E-state index >= 15 is 0 Å². The van der Waals surface area contributed by atoms with Crippen LogP contribution in [-0.2, 0) is 4.74 Å². The topological polar surface area (TPSA) is 150 Å². The number of aromatic nitrogens is 5. The Labute approximate surface area is 196 Å². The lowest BCUT2D eigenvalue weighted by molar-refractivity contribution is 0.0516. The van der Waals surface area contributed by atoms with Crippen LogP contribution >= 0.6 is 0 Å². The zero-order valence-corrected chi connectivity index (χ0v) is 19.4. The first-order valence-electron chi connectivity index (χ1n) is 11.1. The minimum Gasteiger partial charge on any atom is -0.444 e. The molecule has 12 nitrogen and oxygen atoms in total. The molecule has 4 rings (SSSR count). The molecule has 0 bridgehead atoms. The third kappa shape index (κ3) is 5.50. The number of hydrogen-bond donors (Lipinski definition) is 2. The smallest absolute Gasteiger partial charge is 0.407 e. The fourth-order valence-corrected chi connectivity index (χ4v) is 3.70. The number of hydrogen-bond acceptors (Lipinski definition) is 9. The van der Waals surface area contributed by atoms with E-state index in [1.165, 1.54) is 11.0 Å². The van der Waals surface area contributed by atoms with Crippen LogP contribution in [0.3, 0.4) is 0 Å². The van der Waals surface area contributed by atoms with E-state index in [0.29, 0.717) is 36.5 Å². The molecule has 1 aromatic carbocycles. The Morgan fingerprint density at radius 1 is 1.21 bits per heavy atom. The molecule has 2 amide bonds. The summed E-state index contributed by atoms with van der Waals surface area (Å²) in [5.41, 5.74) is 6.56. The second kappa shape index (κ2) is 9.49. The highest BCUT2D eigenvalue weighted by Gasteiger charge is 2.26. The standard InChI is InChI=1S/C22H28N8O4/c1-22(2,3)33-21(32)25-12-14-8-10-29(11-9-14)19-15(18(23)31)13-24-20(26-19)34-30-17-7-5-4-6-16(17)27-28-30/h4-7,13-14H,8-12H2,1-3H3,(H2,23,31)(H,25,32). The van der Waals surface area contributed by atoms with Gasteiger partial charge in [-0.2, -0.15) is 4.98 Å². The van der Waals surface area contributed by atoms with Crippen molar-refractivity contribution >= 4 is 28.9 Å². The van der Waals surface area contributed by atoms with Gasteiger partial charge in [0.15, 0.2) is 0 Å². The lowest BCUT2D eigenvalue weighted by atomic mass is 9.96. The zero-order chi connectivity index (χ0) is 24.3. The molecule has 0 aliphatic carbocycles. The first-order valence-corrected chi connectivity index (χ1v) is 11.1.